The molecular formula is C16H13N3O3. The van der Waals surface area contributed by atoms with E-state index in [0.717, 1.165) is 10.9 Å². The van der Waals surface area contributed by atoms with Crippen LogP contribution in [0.4, 0.5) is 0 Å². The summed E-state index contributed by atoms with van der Waals surface area (Å²) in [5, 5.41) is 19.8. The first-order chi connectivity index (χ1) is 10.6. The summed E-state index contributed by atoms with van der Waals surface area (Å²) in [5.41, 5.74) is 7.53. The fraction of sp³-hybridized carbons (Fsp3) is 0. The molecule has 0 saturated carbocycles. The average molecular weight is 295 g/mol. The van der Waals surface area contributed by atoms with Crippen LogP contribution in [-0.4, -0.2) is 26.1 Å². The third-order valence-electron chi connectivity index (χ3n) is 3.33. The highest BCUT2D eigenvalue weighted by molar-refractivity contribution is 6.24. The minimum Gasteiger partial charge on any atom is -0.504 e. The summed E-state index contributed by atoms with van der Waals surface area (Å²) in [6.45, 7) is 0. The summed E-state index contributed by atoms with van der Waals surface area (Å²) in [6.07, 6.45) is 5.01. The molecule has 22 heavy (non-hydrogen) atoms. The molecule has 0 aliphatic heterocycles. The molecule has 5 N–H and O–H groups in total. The fourth-order valence-electron chi connectivity index (χ4n) is 2.24. The Morgan fingerprint density at radius 3 is 2.77 bits per heavy atom. The molecule has 0 aliphatic rings. The molecule has 1 aromatic carbocycles. The van der Waals surface area contributed by atoms with Crippen molar-refractivity contribution >= 4 is 28.6 Å². The second-order valence-electron chi connectivity index (χ2n) is 4.77. The summed E-state index contributed by atoms with van der Waals surface area (Å²) in [4.78, 5) is 18.9. The molecule has 0 aliphatic carbocycles. The Morgan fingerprint density at radius 2 is 2.05 bits per heavy atom. The van der Waals surface area contributed by atoms with Crippen molar-refractivity contribution in [3.8, 4) is 11.5 Å². The Balaban J connectivity index is 2.15. The molecule has 0 bridgehead atoms. The molecule has 1 amide bonds. The van der Waals surface area contributed by atoms with Crippen molar-refractivity contribution in [3.05, 3.63) is 53.9 Å². The van der Waals surface area contributed by atoms with Crippen molar-refractivity contribution in [2.45, 2.75) is 0 Å². The number of carbonyl (C=O) groups excluding carboxylic acids is 1. The number of aromatic nitrogens is 2. The van der Waals surface area contributed by atoms with Crippen LogP contribution < -0.4 is 5.73 Å². The molecule has 2 heterocycles. The number of nitrogens with zero attached hydrogens (tertiary/aromatic N) is 1. The van der Waals surface area contributed by atoms with Gasteiger partial charge >= 0.3 is 0 Å². The summed E-state index contributed by atoms with van der Waals surface area (Å²) < 4.78 is 0. The smallest absolute Gasteiger partial charge is 0.249 e. The maximum absolute atomic E-state index is 11.7. The Bertz CT molecular complexity index is 897. The third-order valence-corrected chi connectivity index (χ3v) is 3.33. The zero-order valence-electron chi connectivity index (χ0n) is 11.4. The van der Waals surface area contributed by atoms with E-state index in [1.165, 1.54) is 18.2 Å². The number of phenols is 2. The lowest BCUT2D eigenvalue weighted by atomic mass is 10.0. The van der Waals surface area contributed by atoms with Gasteiger partial charge in [0, 0.05) is 28.9 Å². The molecular weight excluding hydrogens is 282 g/mol. The van der Waals surface area contributed by atoms with Crippen molar-refractivity contribution in [3.63, 3.8) is 0 Å². The largest absolute Gasteiger partial charge is 0.504 e. The fourth-order valence-corrected chi connectivity index (χ4v) is 2.24. The van der Waals surface area contributed by atoms with E-state index in [1.807, 2.05) is 6.07 Å². The van der Waals surface area contributed by atoms with Gasteiger partial charge in [0.15, 0.2) is 11.5 Å². The van der Waals surface area contributed by atoms with E-state index >= 15 is 0 Å². The second kappa shape index (κ2) is 5.25. The predicted octanol–water partition coefficient (Wildman–Crippen LogP) is 2.00. The highest BCUT2D eigenvalue weighted by Gasteiger charge is 2.12. The zero-order valence-corrected chi connectivity index (χ0v) is 11.4. The summed E-state index contributed by atoms with van der Waals surface area (Å²) in [6, 6.07) is 7.78. The number of rotatable bonds is 3. The van der Waals surface area contributed by atoms with Gasteiger partial charge in [0.25, 0.3) is 0 Å². The second-order valence-corrected chi connectivity index (χ2v) is 4.77. The SMILES string of the molecule is NC(=O)C(=Cc1c[nH]c2ncccc12)c1ccc(O)c(O)c1. The normalized spacial score (nSPS) is 11.7. The average Bonchev–Trinajstić information content (AvgIpc) is 2.91. The number of hydrogen-bond acceptors (Lipinski definition) is 4. The van der Waals surface area contributed by atoms with Crippen molar-refractivity contribution < 1.29 is 15.0 Å². The molecule has 0 radical (unpaired) electrons. The van der Waals surface area contributed by atoms with Gasteiger partial charge in [0.1, 0.15) is 5.65 Å². The third kappa shape index (κ3) is 2.37. The molecule has 6 heteroatoms. The van der Waals surface area contributed by atoms with Gasteiger partial charge in [-0.1, -0.05) is 6.07 Å². The molecule has 0 spiro atoms. The van der Waals surface area contributed by atoms with Crippen LogP contribution in [0.2, 0.25) is 0 Å². The first kappa shape index (κ1) is 13.7. The number of pyridine rings is 1. The molecule has 0 atom stereocenters. The molecule has 2 aromatic heterocycles. The molecule has 110 valence electrons. The summed E-state index contributed by atoms with van der Waals surface area (Å²) in [7, 11) is 0. The lowest BCUT2D eigenvalue weighted by Crippen LogP contribution is -2.12. The van der Waals surface area contributed by atoms with Gasteiger partial charge in [-0.3, -0.25) is 4.79 Å². The number of amides is 1. The molecule has 0 saturated heterocycles. The van der Waals surface area contributed by atoms with Crippen LogP contribution in [0.5, 0.6) is 11.5 Å². The van der Waals surface area contributed by atoms with Crippen molar-refractivity contribution in [1.29, 1.82) is 0 Å². The summed E-state index contributed by atoms with van der Waals surface area (Å²) >= 11 is 0. The van der Waals surface area contributed by atoms with E-state index in [4.69, 9.17) is 5.73 Å². The minimum atomic E-state index is -0.636. The standard InChI is InChI=1S/C16H13N3O3/c17-15(22)12(9-3-4-13(20)14(21)7-9)6-10-8-19-16-11(10)2-1-5-18-16/h1-8,20-21H,(H2,17,22)(H,18,19). The van der Waals surface area contributed by atoms with Gasteiger partial charge in [0.2, 0.25) is 5.91 Å². The van der Waals surface area contributed by atoms with E-state index in [9.17, 15) is 15.0 Å². The number of primary amides is 1. The van der Waals surface area contributed by atoms with E-state index in [1.54, 1.807) is 24.5 Å². The van der Waals surface area contributed by atoms with Crippen molar-refractivity contribution in [1.82, 2.24) is 9.97 Å². The zero-order chi connectivity index (χ0) is 15.7. The lowest BCUT2D eigenvalue weighted by molar-refractivity contribution is -0.112. The van der Waals surface area contributed by atoms with Gasteiger partial charge < -0.3 is 20.9 Å². The highest BCUT2D eigenvalue weighted by atomic mass is 16.3. The van der Waals surface area contributed by atoms with E-state index in [0.29, 0.717) is 11.2 Å². The summed E-state index contributed by atoms with van der Waals surface area (Å²) in [5.74, 6) is -1.21. The van der Waals surface area contributed by atoms with Crippen LogP contribution in [0.1, 0.15) is 11.1 Å². The predicted molar refractivity (Wildman–Crippen MR) is 82.9 cm³/mol. The van der Waals surface area contributed by atoms with E-state index in [2.05, 4.69) is 9.97 Å². The number of fused-ring (bicyclic) bond motifs is 1. The topological polar surface area (TPSA) is 112 Å². The Morgan fingerprint density at radius 1 is 1.23 bits per heavy atom. The quantitative estimate of drug-likeness (QED) is 0.437. The van der Waals surface area contributed by atoms with E-state index in [-0.39, 0.29) is 17.1 Å². The Labute approximate surface area is 125 Å². The number of benzene rings is 1. The lowest BCUT2D eigenvalue weighted by Gasteiger charge is -2.05. The van der Waals surface area contributed by atoms with Crippen LogP contribution in [0.25, 0.3) is 22.7 Å². The van der Waals surface area contributed by atoms with E-state index < -0.39 is 5.91 Å². The number of H-pyrrole nitrogens is 1. The van der Waals surface area contributed by atoms with Gasteiger partial charge in [-0.05, 0) is 35.9 Å². The van der Waals surface area contributed by atoms with Crippen LogP contribution in [0.15, 0.2) is 42.7 Å². The number of aromatic hydroxyl groups is 2. The van der Waals surface area contributed by atoms with Crippen molar-refractivity contribution in [2.75, 3.05) is 0 Å². The van der Waals surface area contributed by atoms with Gasteiger partial charge in [-0.25, -0.2) is 4.98 Å². The van der Waals surface area contributed by atoms with Crippen LogP contribution in [0.3, 0.4) is 0 Å². The Kier molecular flexibility index (Phi) is 3.27. The maximum atomic E-state index is 11.7. The molecule has 0 unspecified atom stereocenters. The molecule has 6 nitrogen and oxygen atoms in total. The van der Waals surface area contributed by atoms with Gasteiger partial charge in [-0.2, -0.15) is 0 Å². The number of phenolic OH excluding ortho intramolecular Hbond substituents is 2. The number of aromatic amines is 1. The van der Waals surface area contributed by atoms with Gasteiger partial charge in [-0.15, -0.1) is 0 Å². The van der Waals surface area contributed by atoms with Crippen LogP contribution in [0, 0.1) is 0 Å². The molecule has 3 aromatic rings. The number of nitrogens with one attached hydrogen (secondary N) is 1. The van der Waals surface area contributed by atoms with Gasteiger partial charge in [0.05, 0.1) is 0 Å². The monoisotopic (exact) mass is 295 g/mol. The number of hydrogen-bond donors (Lipinski definition) is 4. The molecule has 3 rings (SSSR count). The molecule has 0 fully saturated rings. The first-order valence-electron chi connectivity index (χ1n) is 6.52. The van der Waals surface area contributed by atoms with Crippen LogP contribution >= 0.6 is 0 Å². The van der Waals surface area contributed by atoms with Crippen molar-refractivity contribution in [2.24, 2.45) is 5.73 Å². The first-order valence-corrected chi connectivity index (χ1v) is 6.52. The Hall–Kier alpha value is -3.28. The maximum Gasteiger partial charge on any atom is 0.249 e. The number of nitrogens with two attached hydrogens (primary N) is 1. The van der Waals surface area contributed by atoms with Crippen LogP contribution in [-0.2, 0) is 4.79 Å². The highest BCUT2D eigenvalue weighted by Crippen LogP contribution is 2.30. The number of carbonyl (C=O) groups is 1. The minimum absolute atomic E-state index is 0.222.